The number of hydrogen-bond acceptors (Lipinski definition) is 1. The van der Waals surface area contributed by atoms with Gasteiger partial charge in [-0.05, 0) is 49.9 Å². The fourth-order valence-corrected chi connectivity index (χ4v) is 4.84. The number of aliphatic hydroxyl groups is 1. The van der Waals surface area contributed by atoms with Gasteiger partial charge in [0.1, 0.15) is 0 Å². The molecular weight excluding hydrogens is 172 g/mol. The smallest absolute Gasteiger partial charge is 0.0681 e. The Morgan fingerprint density at radius 3 is 2.00 bits per heavy atom. The van der Waals surface area contributed by atoms with Gasteiger partial charge in [0.15, 0.2) is 0 Å². The summed E-state index contributed by atoms with van der Waals surface area (Å²) in [6.07, 6.45) is 9.61. The molecule has 0 radical (unpaired) electrons. The lowest BCUT2D eigenvalue weighted by Crippen LogP contribution is -2.56. The van der Waals surface area contributed by atoms with Crippen molar-refractivity contribution >= 4 is 0 Å². The van der Waals surface area contributed by atoms with Gasteiger partial charge in [-0.25, -0.2) is 0 Å². The van der Waals surface area contributed by atoms with Crippen LogP contribution in [-0.4, -0.2) is 10.7 Å². The van der Waals surface area contributed by atoms with Gasteiger partial charge < -0.3 is 5.11 Å². The Hall–Kier alpha value is -0.0400. The van der Waals surface area contributed by atoms with E-state index in [2.05, 4.69) is 6.92 Å². The molecule has 4 unspecified atom stereocenters. The van der Waals surface area contributed by atoms with E-state index in [-0.39, 0.29) is 5.60 Å². The van der Waals surface area contributed by atoms with Crippen LogP contribution in [0.3, 0.4) is 0 Å². The first-order valence-electron chi connectivity index (χ1n) is 6.42. The molecule has 80 valence electrons. The Kier molecular flexibility index (Phi) is 1.96. The first kappa shape index (κ1) is 9.21. The zero-order valence-corrected chi connectivity index (χ0v) is 9.21. The topological polar surface area (TPSA) is 20.2 Å². The standard InChI is InChI=1S/C13H22O/c1-13(14)11-6-3-7-12(13)10-5-2-4-9(11)8-10/h9-12,14H,2-8H2,1H3. The number of hydrogen-bond donors (Lipinski definition) is 1. The second-order valence-corrected chi connectivity index (χ2v) is 6.06. The maximum Gasteiger partial charge on any atom is 0.0681 e. The molecule has 0 amide bonds. The highest BCUT2D eigenvalue weighted by Gasteiger charge is 2.53. The average molecular weight is 194 g/mol. The molecule has 0 spiro atoms. The lowest BCUT2D eigenvalue weighted by atomic mass is 9.51. The molecule has 3 saturated carbocycles. The largest absolute Gasteiger partial charge is 0.390 e. The van der Waals surface area contributed by atoms with E-state index in [1.807, 2.05) is 0 Å². The molecule has 4 atom stereocenters. The van der Waals surface area contributed by atoms with E-state index in [0.29, 0.717) is 11.8 Å². The summed E-state index contributed by atoms with van der Waals surface area (Å²) in [5.74, 6) is 3.00. The van der Waals surface area contributed by atoms with Crippen LogP contribution in [0.2, 0.25) is 0 Å². The van der Waals surface area contributed by atoms with Crippen LogP contribution < -0.4 is 0 Å². The fourth-order valence-electron chi connectivity index (χ4n) is 4.84. The fraction of sp³-hybridized carbons (Fsp3) is 1.00. The minimum atomic E-state index is -0.313. The summed E-state index contributed by atoms with van der Waals surface area (Å²) >= 11 is 0. The maximum absolute atomic E-state index is 10.7. The van der Waals surface area contributed by atoms with Crippen molar-refractivity contribution in [1.29, 1.82) is 0 Å². The van der Waals surface area contributed by atoms with Crippen LogP contribution in [0.4, 0.5) is 0 Å². The van der Waals surface area contributed by atoms with Crippen molar-refractivity contribution in [2.75, 3.05) is 0 Å². The third-order valence-corrected chi connectivity index (χ3v) is 5.43. The predicted molar refractivity (Wildman–Crippen MR) is 56.9 cm³/mol. The van der Waals surface area contributed by atoms with Gasteiger partial charge >= 0.3 is 0 Å². The second kappa shape index (κ2) is 2.98. The molecule has 1 heteroatoms. The number of rotatable bonds is 0. The molecule has 0 heterocycles. The van der Waals surface area contributed by atoms with Crippen molar-refractivity contribution in [1.82, 2.24) is 0 Å². The SMILES string of the molecule is CC1(O)C2CCCC1C1CCCC2C1. The van der Waals surface area contributed by atoms with Crippen LogP contribution in [-0.2, 0) is 0 Å². The summed E-state index contributed by atoms with van der Waals surface area (Å²) in [6, 6.07) is 0. The molecule has 14 heavy (non-hydrogen) atoms. The van der Waals surface area contributed by atoms with E-state index in [9.17, 15) is 5.11 Å². The lowest BCUT2D eigenvalue weighted by Gasteiger charge is -2.57. The zero-order chi connectivity index (χ0) is 9.76. The summed E-state index contributed by atoms with van der Waals surface area (Å²) in [6.45, 7) is 2.13. The van der Waals surface area contributed by atoms with Crippen LogP contribution in [0, 0.1) is 23.7 Å². The summed E-state index contributed by atoms with van der Waals surface area (Å²) in [4.78, 5) is 0. The predicted octanol–water partition coefficient (Wildman–Crippen LogP) is 2.97. The normalized spacial score (nSPS) is 57.0. The molecule has 0 aromatic heterocycles. The molecule has 3 aliphatic carbocycles. The van der Waals surface area contributed by atoms with E-state index in [4.69, 9.17) is 0 Å². The summed E-state index contributed by atoms with van der Waals surface area (Å²) in [5, 5.41) is 10.7. The molecule has 0 aromatic rings. The quantitative estimate of drug-likeness (QED) is 0.628. The Morgan fingerprint density at radius 1 is 0.929 bits per heavy atom. The van der Waals surface area contributed by atoms with Crippen LogP contribution >= 0.6 is 0 Å². The summed E-state index contributed by atoms with van der Waals surface area (Å²) in [7, 11) is 0. The highest BCUT2D eigenvalue weighted by molar-refractivity contribution is 5.04. The second-order valence-electron chi connectivity index (χ2n) is 6.06. The summed E-state index contributed by atoms with van der Waals surface area (Å²) < 4.78 is 0. The zero-order valence-electron chi connectivity index (χ0n) is 9.21. The van der Waals surface area contributed by atoms with Crippen molar-refractivity contribution in [3.63, 3.8) is 0 Å². The van der Waals surface area contributed by atoms with E-state index < -0.39 is 0 Å². The minimum Gasteiger partial charge on any atom is -0.390 e. The molecule has 1 N–H and O–H groups in total. The van der Waals surface area contributed by atoms with Gasteiger partial charge in [0, 0.05) is 0 Å². The van der Waals surface area contributed by atoms with E-state index in [1.165, 1.54) is 44.9 Å². The molecule has 3 rings (SSSR count). The van der Waals surface area contributed by atoms with Crippen molar-refractivity contribution in [3.8, 4) is 0 Å². The maximum atomic E-state index is 10.7. The Balaban J connectivity index is 1.95. The van der Waals surface area contributed by atoms with Gasteiger partial charge in [-0.3, -0.25) is 0 Å². The molecule has 0 saturated heterocycles. The molecule has 1 nitrogen and oxygen atoms in total. The first-order chi connectivity index (χ1) is 6.69. The monoisotopic (exact) mass is 194 g/mol. The third kappa shape index (κ3) is 1.11. The Bertz CT molecular complexity index is 213. The van der Waals surface area contributed by atoms with Gasteiger partial charge in [-0.1, -0.05) is 25.7 Å². The molecule has 3 aliphatic rings. The van der Waals surface area contributed by atoms with Gasteiger partial charge in [0.25, 0.3) is 0 Å². The molecule has 3 fully saturated rings. The van der Waals surface area contributed by atoms with Crippen LogP contribution in [0.15, 0.2) is 0 Å². The average Bonchev–Trinajstić information content (AvgIpc) is 2.14. The summed E-state index contributed by atoms with van der Waals surface area (Å²) in [5.41, 5.74) is -0.313. The molecule has 0 aromatic carbocycles. The molecule has 4 bridgehead atoms. The Labute approximate surface area is 86.9 Å². The van der Waals surface area contributed by atoms with E-state index in [1.54, 1.807) is 0 Å². The van der Waals surface area contributed by atoms with Crippen molar-refractivity contribution in [2.45, 2.75) is 57.5 Å². The first-order valence-corrected chi connectivity index (χ1v) is 6.42. The molecular formula is C13H22O. The van der Waals surface area contributed by atoms with E-state index in [0.717, 1.165) is 11.8 Å². The van der Waals surface area contributed by atoms with Crippen molar-refractivity contribution in [2.24, 2.45) is 23.7 Å². The van der Waals surface area contributed by atoms with Crippen molar-refractivity contribution < 1.29 is 5.11 Å². The van der Waals surface area contributed by atoms with Crippen LogP contribution in [0.25, 0.3) is 0 Å². The minimum absolute atomic E-state index is 0.313. The van der Waals surface area contributed by atoms with Gasteiger partial charge in [0.2, 0.25) is 0 Å². The third-order valence-electron chi connectivity index (χ3n) is 5.43. The van der Waals surface area contributed by atoms with Crippen LogP contribution in [0.5, 0.6) is 0 Å². The van der Waals surface area contributed by atoms with Gasteiger partial charge in [0.05, 0.1) is 5.60 Å². The highest BCUT2D eigenvalue weighted by Crippen LogP contribution is 2.56. The van der Waals surface area contributed by atoms with E-state index >= 15 is 0 Å². The van der Waals surface area contributed by atoms with Crippen LogP contribution in [0.1, 0.15) is 51.9 Å². The number of fused-ring (bicyclic) bond motifs is 6. The lowest BCUT2D eigenvalue weighted by molar-refractivity contribution is -0.164. The van der Waals surface area contributed by atoms with Gasteiger partial charge in [-0.15, -0.1) is 0 Å². The van der Waals surface area contributed by atoms with Gasteiger partial charge in [-0.2, -0.15) is 0 Å². The highest BCUT2D eigenvalue weighted by atomic mass is 16.3. The Morgan fingerprint density at radius 2 is 1.43 bits per heavy atom. The molecule has 0 aliphatic heterocycles. The van der Waals surface area contributed by atoms with Crippen molar-refractivity contribution in [3.05, 3.63) is 0 Å².